The molecule has 1 fully saturated rings. The maximum absolute atomic E-state index is 12.1. The highest BCUT2D eigenvalue weighted by atomic mass is 16.7. The molecule has 33 heavy (non-hydrogen) atoms. The summed E-state index contributed by atoms with van der Waals surface area (Å²) >= 11 is 0. The van der Waals surface area contributed by atoms with Gasteiger partial charge in [0.15, 0.2) is 6.29 Å². The molecule has 0 spiro atoms. The van der Waals surface area contributed by atoms with E-state index in [9.17, 15) is 4.79 Å². The minimum Gasteiger partial charge on any atom is -0.457 e. The van der Waals surface area contributed by atoms with Gasteiger partial charge in [-0.15, -0.1) is 0 Å². The molecule has 0 radical (unpaired) electrons. The summed E-state index contributed by atoms with van der Waals surface area (Å²) in [5.74, 6) is 0.316. The van der Waals surface area contributed by atoms with Crippen LogP contribution >= 0.6 is 0 Å². The third-order valence-corrected chi connectivity index (χ3v) is 6.06. The van der Waals surface area contributed by atoms with Crippen LogP contribution in [0, 0.1) is 5.92 Å². The Morgan fingerprint density at radius 1 is 0.848 bits per heavy atom. The average Bonchev–Trinajstić information content (AvgIpc) is 2.83. The van der Waals surface area contributed by atoms with E-state index in [4.69, 9.17) is 14.2 Å². The fourth-order valence-electron chi connectivity index (χ4n) is 3.97. The van der Waals surface area contributed by atoms with Gasteiger partial charge in [-0.2, -0.15) is 0 Å². The van der Waals surface area contributed by atoms with Crippen molar-refractivity contribution in [1.29, 1.82) is 0 Å². The van der Waals surface area contributed by atoms with Gasteiger partial charge in [0.25, 0.3) is 0 Å². The average molecular weight is 463 g/mol. The van der Waals surface area contributed by atoms with Gasteiger partial charge in [-0.25, -0.2) is 0 Å². The third kappa shape index (κ3) is 16.0. The maximum atomic E-state index is 12.1. The number of ether oxygens (including phenoxy) is 3. The fourth-order valence-corrected chi connectivity index (χ4v) is 3.97. The lowest BCUT2D eigenvalue weighted by atomic mass is 9.98. The van der Waals surface area contributed by atoms with E-state index in [0.29, 0.717) is 25.6 Å². The normalized spacial score (nSPS) is 20.2. The molecule has 1 aliphatic rings. The molecule has 0 bridgehead atoms. The zero-order chi connectivity index (χ0) is 24.0. The lowest BCUT2D eigenvalue weighted by molar-refractivity contribution is -0.245. The molecule has 0 aromatic heterocycles. The highest BCUT2D eigenvalue weighted by Gasteiger charge is 2.29. The van der Waals surface area contributed by atoms with Crippen LogP contribution in [-0.4, -0.2) is 31.6 Å². The van der Waals surface area contributed by atoms with Gasteiger partial charge in [0.05, 0.1) is 13.2 Å². The van der Waals surface area contributed by atoms with Gasteiger partial charge in [-0.1, -0.05) is 89.3 Å². The second-order valence-corrected chi connectivity index (χ2v) is 9.06. The molecule has 0 aromatic rings. The monoisotopic (exact) mass is 462 g/mol. The largest absolute Gasteiger partial charge is 0.457 e. The Labute approximate surface area is 203 Å². The minimum atomic E-state index is -0.258. The Morgan fingerprint density at radius 3 is 2.15 bits per heavy atom. The van der Waals surface area contributed by atoms with Gasteiger partial charge in [-0.3, -0.25) is 4.79 Å². The highest BCUT2D eigenvalue weighted by molar-refractivity contribution is 5.69. The Bertz CT molecular complexity index is 544. The van der Waals surface area contributed by atoms with Crippen LogP contribution in [0.25, 0.3) is 0 Å². The SMILES string of the molecule is CCC=CCC=CCC=CCCCCCCCC(=O)OC1COC(C(CC)CCCC)OC1. The van der Waals surface area contributed by atoms with Gasteiger partial charge < -0.3 is 14.2 Å². The Kier molecular flexibility index (Phi) is 19.0. The molecule has 1 aliphatic heterocycles. The van der Waals surface area contributed by atoms with Crippen LogP contribution in [0.3, 0.4) is 0 Å². The second kappa shape index (κ2) is 21.2. The van der Waals surface area contributed by atoms with Crippen molar-refractivity contribution in [2.45, 2.75) is 123 Å². The molecule has 190 valence electrons. The van der Waals surface area contributed by atoms with Crippen LogP contribution in [0.4, 0.5) is 0 Å². The van der Waals surface area contributed by atoms with Crippen molar-refractivity contribution in [3.63, 3.8) is 0 Å². The van der Waals surface area contributed by atoms with Gasteiger partial charge in [0.2, 0.25) is 0 Å². The summed E-state index contributed by atoms with van der Waals surface area (Å²) in [7, 11) is 0. The summed E-state index contributed by atoms with van der Waals surface area (Å²) in [4.78, 5) is 12.1. The number of unbranched alkanes of at least 4 members (excludes halogenated alkanes) is 6. The zero-order valence-electron chi connectivity index (χ0n) is 21.6. The van der Waals surface area contributed by atoms with E-state index in [1.54, 1.807) is 0 Å². The molecule has 0 saturated carbocycles. The first-order chi connectivity index (χ1) is 16.2. The van der Waals surface area contributed by atoms with Crippen molar-refractivity contribution in [3.05, 3.63) is 36.5 Å². The van der Waals surface area contributed by atoms with Crippen LogP contribution in [0.15, 0.2) is 36.5 Å². The van der Waals surface area contributed by atoms with Crippen molar-refractivity contribution < 1.29 is 19.0 Å². The van der Waals surface area contributed by atoms with E-state index in [-0.39, 0.29) is 18.4 Å². The quantitative estimate of drug-likeness (QED) is 0.111. The van der Waals surface area contributed by atoms with Crippen molar-refractivity contribution in [3.8, 4) is 0 Å². The predicted octanol–water partition coefficient (Wildman–Crippen LogP) is 8.08. The van der Waals surface area contributed by atoms with Crippen LogP contribution in [-0.2, 0) is 19.0 Å². The Balaban J connectivity index is 1.97. The molecule has 4 heteroatoms. The standard InChI is InChI=1S/C29H50O4/c1-4-7-9-10-11-12-13-14-15-16-17-18-19-20-21-23-28(30)33-27-24-31-29(32-25-27)26(6-3)22-8-5-2/h7,9,11-12,14-15,26-27,29H,4-6,8,10,13,16-25H2,1-3H3. The van der Waals surface area contributed by atoms with E-state index < -0.39 is 0 Å². The van der Waals surface area contributed by atoms with Gasteiger partial charge in [-0.05, 0) is 51.4 Å². The summed E-state index contributed by atoms with van der Waals surface area (Å²) < 4.78 is 17.3. The summed E-state index contributed by atoms with van der Waals surface area (Å²) in [6, 6.07) is 0. The first kappa shape index (κ1) is 29.6. The van der Waals surface area contributed by atoms with Crippen LogP contribution < -0.4 is 0 Å². The Hall–Kier alpha value is -1.39. The molecular weight excluding hydrogens is 412 g/mol. The number of esters is 1. The van der Waals surface area contributed by atoms with E-state index >= 15 is 0 Å². The number of hydrogen-bond donors (Lipinski definition) is 0. The number of allylic oxidation sites excluding steroid dienone is 6. The van der Waals surface area contributed by atoms with E-state index in [1.807, 2.05) is 0 Å². The predicted molar refractivity (Wildman–Crippen MR) is 138 cm³/mol. The summed E-state index contributed by atoms with van der Waals surface area (Å²) in [6.45, 7) is 7.46. The number of carbonyl (C=O) groups excluding carboxylic acids is 1. The maximum Gasteiger partial charge on any atom is 0.306 e. The second-order valence-electron chi connectivity index (χ2n) is 9.06. The topological polar surface area (TPSA) is 44.8 Å². The van der Waals surface area contributed by atoms with Crippen LogP contribution in [0.2, 0.25) is 0 Å². The summed E-state index contributed by atoms with van der Waals surface area (Å²) in [5.41, 5.74) is 0. The molecule has 1 heterocycles. The first-order valence-corrected chi connectivity index (χ1v) is 13.6. The number of rotatable bonds is 19. The van der Waals surface area contributed by atoms with Gasteiger partial charge >= 0.3 is 5.97 Å². The molecule has 4 nitrogen and oxygen atoms in total. The lowest BCUT2D eigenvalue weighted by Gasteiger charge is -2.33. The first-order valence-electron chi connectivity index (χ1n) is 13.6. The van der Waals surface area contributed by atoms with E-state index in [1.165, 1.54) is 32.1 Å². The number of hydrogen-bond acceptors (Lipinski definition) is 4. The highest BCUT2D eigenvalue weighted by Crippen LogP contribution is 2.24. The van der Waals surface area contributed by atoms with Gasteiger partial charge in [0.1, 0.15) is 6.10 Å². The van der Waals surface area contributed by atoms with Crippen molar-refractivity contribution in [1.82, 2.24) is 0 Å². The summed E-state index contributed by atoms with van der Waals surface area (Å²) in [6.07, 6.45) is 28.0. The van der Waals surface area contributed by atoms with Crippen LogP contribution in [0.1, 0.15) is 111 Å². The van der Waals surface area contributed by atoms with E-state index in [2.05, 4.69) is 57.2 Å². The zero-order valence-corrected chi connectivity index (χ0v) is 21.6. The van der Waals surface area contributed by atoms with Gasteiger partial charge in [0, 0.05) is 12.3 Å². The molecule has 0 aromatic carbocycles. The molecule has 0 amide bonds. The minimum absolute atomic E-state index is 0.121. The third-order valence-electron chi connectivity index (χ3n) is 6.06. The molecule has 0 aliphatic carbocycles. The summed E-state index contributed by atoms with van der Waals surface area (Å²) in [5, 5.41) is 0. The smallest absolute Gasteiger partial charge is 0.306 e. The molecule has 1 saturated heterocycles. The van der Waals surface area contributed by atoms with Crippen molar-refractivity contribution in [2.24, 2.45) is 5.92 Å². The lowest BCUT2D eigenvalue weighted by Crippen LogP contribution is -2.41. The Morgan fingerprint density at radius 2 is 1.48 bits per heavy atom. The van der Waals surface area contributed by atoms with Crippen LogP contribution in [0.5, 0.6) is 0 Å². The van der Waals surface area contributed by atoms with Crippen molar-refractivity contribution >= 4 is 5.97 Å². The number of carbonyl (C=O) groups is 1. The molecule has 1 atom stereocenters. The fraction of sp³-hybridized carbons (Fsp3) is 0.759. The molecule has 1 rings (SSSR count). The van der Waals surface area contributed by atoms with Crippen molar-refractivity contribution in [2.75, 3.05) is 13.2 Å². The molecule has 1 unspecified atom stereocenters. The molecule has 0 N–H and O–H groups in total. The molecular formula is C29H50O4. The van der Waals surface area contributed by atoms with E-state index in [0.717, 1.165) is 51.4 Å².